The first kappa shape index (κ1) is 15.3. The first-order valence-electron chi connectivity index (χ1n) is 6.84. The molecule has 2 aromatic carbocycles. The Kier molecular flexibility index (Phi) is 5.17. The van der Waals surface area contributed by atoms with E-state index in [1.54, 1.807) is 13.2 Å². The number of para-hydroxylation sites is 1. The molecule has 21 heavy (non-hydrogen) atoms. The fourth-order valence-electron chi connectivity index (χ4n) is 2.37. The lowest BCUT2D eigenvalue weighted by molar-refractivity contribution is 0.386. The molecule has 0 radical (unpaired) electrons. The van der Waals surface area contributed by atoms with E-state index in [1.165, 1.54) is 13.2 Å². The summed E-state index contributed by atoms with van der Waals surface area (Å²) in [6, 6.07) is 12.6. The van der Waals surface area contributed by atoms with Gasteiger partial charge in [0.25, 0.3) is 0 Å². The molecule has 0 aliphatic carbocycles. The van der Waals surface area contributed by atoms with Gasteiger partial charge in [-0.15, -0.1) is 0 Å². The predicted octanol–water partition coefficient (Wildman–Crippen LogP) is 2.96. The van der Waals surface area contributed by atoms with E-state index in [0.717, 1.165) is 16.9 Å². The Morgan fingerprint density at radius 1 is 1.00 bits per heavy atom. The average Bonchev–Trinajstić information content (AvgIpc) is 2.48. The molecular formula is C17H20FNO2. The van der Waals surface area contributed by atoms with Gasteiger partial charge in [0.05, 0.1) is 14.2 Å². The van der Waals surface area contributed by atoms with Crippen LogP contribution in [0.2, 0.25) is 0 Å². The van der Waals surface area contributed by atoms with Crippen molar-refractivity contribution in [1.82, 2.24) is 0 Å². The Balaban J connectivity index is 2.04. The highest BCUT2D eigenvalue weighted by Crippen LogP contribution is 2.21. The predicted molar refractivity (Wildman–Crippen MR) is 81.3 cm³/mol. The SMILES string of the molecule is COc1ccc(CC(N)Cc2ccccc2OC)cc1F. The van der Waals surface area contributed by atoms with E-state index < -0.39 is 0 Å². The summed E-state index contributed by atoms with van der Waals surface area (Å²) in [5.74, 6) is 0.713. The van der Waals surface area contributed by atoms with Crippen LogP contribution in [0.15, 0.2) is 42.5 Å². The smallest absolute Gasteiger partial charge is 0.165 e. The molecule has 0 fully saturated rings. The zero-order valence-electron chi connectivity index (χ0n) is 12.3. The Labute approximate surface area is 124 Å². The van der Waals surface area contributed by atoms with Crippen molar-refractivity contribution >= 4 is 0 Å². The van der Waals surface area contributed by atoms with Crippen LogP contribution in [0.3, 0.4) is 0 Å². The average molecular weight is 289 g/mol. The van der Waals surface area contributed by atoms with E-state index in [0.29, 0.717) is 12.8 Å². The summed E-state index contributed by atoms with van der Waals surface area (Å²) in [5.41, 5.74) is 8.09. The molecule has 2 aromatic rings. The van der Waals surface area contributed by atoms with Gasteiger partial charge in [-0.25, -0.2) is 4.39 Å². The molecule has 1 unspecified atom stereocenters. The highest BCUT2D eigenvalue weighted by molar-refractivity contribution is 5.34. The molecule has 112 valence electrons. The maximum absolute atomic E-state index is 13.7. The van der Waals surface area contributed by atoms with E-state index >= 15 is 0 Å². The number of nitrogens with two attached hydrogens (primary N) is 1. The number of benzene rings is 2. The molecule has 0 spiro atoms. The summed E-state index contributed by atoms with van der Waals surface area (Å²) in [6.45, 7) is 0. The molecule has 4 heteroatoms. The standard InChI is InChI=1S/C17H20FNO2/c1-20-16-6-4-3-5-13(16)11-14(19)9-12-7-8-17(21-2)15(18)10-12/h3-8,10,14H,9,11,19H2,1-2H3. The maximum atomic E-state index is 13.7. The van der Waals surface area contributed by atoms with Gasteiger partial charge in [-0.3, -0.25) is 0 Å². The molecule has 0 aliphatic rings. The van der Waals surface area contributed by atoms with Crippen LogP contribution in [0.1, 0.15) is 11.1 Å². The van der Waals surface area contributed by atoms with E-state index in [9.17, 15) is 4.39 Å². The minimum absolute atomic E-state index is 0.103. The van der Waals surface area contributed by atoms with Gasteiger partial charge in [0.1, 0.15) is 5.75 Å². The van der Waals surface area contributed by atoms with Crippen molar-refractivity contribution in [3.05, 3.63) is 59.4 Å². The number of methoxy groups -OCH3 is 2. The van der Waals surface area contributed by atoms with Crippen molar-refractivity contribution in [1.29, 1.82) is 0 Å². The van der Waals surface area contributed by atoms with Crippen LogP contribution >= 0.6 is 0 Å². The van der Waals surface area contributed by atoms with Gasteiger partial charge in [-0.05, 0) is 42.2 Å². The van der Waals surface area contributed by atoms with E-state index in [-0.39, 0.29) is 17.6 Å². The van der Waals surface area contributed by atoms with Gasteiger partial charge in [0, 0.05) is 6.04 Å². The highest BCUT2D eigenvalue weighted by Gasteiger charge is 2.11. The third kappa shape index (κ3) is 3.95. The molecule has 2 N–H and O–H groups in total. The molecule has 3 nitrogen and oxygen atoms in total. The number of rotatable bonds is 6. The van der Waals surface area contributed by atoms with Crippen LogP contribution < -0.4 is 15.2 Å². The van der Waals surface area contributed by atoms with Gasteiger partial charge in [0.15, 0.2) is 11.6 Å². The quantitative estimate of drug-likeness (QED) is 0.889. The lowest BCUT2D eigenvalue weighted by atomic mass is 9.99. The molecule has 0 bridgehead atoms. The van der Waals surface area contributed by atoms with Crippen LogP contribution in [0, 0.1) is 5.82 Å². The summed E-state index contributed by atoms with van der Waals surface area (Å²) in [4.78, 5) is 0. The lowest BCUT2D eigenvalue weighted by Crippen LogP contribution is -2.25. The fraction of sp³-hybridized carbons (Fsp3) is 0.294. The second-order valence-corrected chi connectivity index (χ2v) is 4.95. The summed E-state index contributed by atoms with van der Waals surface area (Å²) < 4.78 is 23.9. The molecule has 1 atom stereocenters. The normalized spacial score (nSPS) is 12.0. The van der Waals surface area contributed by atoms with Crippen LogP contribution in [-0.2, 0) is 12.8 Å². The Bertz CT molecular complexity index is 601. The summed E-state index contributed by atoms with van der Waals surface area (Å²) in [6.07, 6.45) is 1.27. The Morgan fingerprint density at radius 3 is 2.38 bits per heavy atom. The monoisotopic (exact) mass is 289 g/mol. The van der Waals surface area contributed by atoms with Crippen molar-refractivity contribution in [2.24, 2.45) is 5.73 Å². The number of hydrogen-bond acceptors (Lipinski definition) is 3. The molecular weight excluding hydrogens is 269 g/mol. The molecule has 0 aliphatic heterocycles. The fourth-order valence-corrected chi connectivity index (χ4v) is 2.37. The van der Waals surface area contributed by atoms with Crippen molar-refractivity contribution in [3.8, 4) is 11.5 Å². The van der Waals surface area contributed by atoms with Gasteiger partial charge >= 0.3 is 0 Å². The minimum Gasteiger partial charge on any atom is -0.496 e. The van der Waals surface area contributed by atoms with Gasteiger partial charge in [-0.1, -0.05) is 24.3 Å². The zero-order chi connectivity index (χ0) is 15.2. The first-order valence-corrected chi connectivity index (χ1v) is 6.84. The van der Waals surface area contributed by atoms with Crippen molar-refractivity contribution in [2.75, 3.05) is 14.2 Å². The summed E-state index contributed by atoms with van der Waals surface area (Å²) in [7, 11) is 3.09. The zero-order valence-corrected chi connectivity index (χ0v) is 12.3. The Hall–Kier alpha value is -2.07. The van der Waals surface area contributed by atoms with E-state index in [1.807, 2.05) is 30.3 Å². The topological polar surface area (TPSA) is 44.5 Å². The van der Waals surface area contributed by atoms with Crippen molar-refractivity contribution < 1.29 is 13.9 Å². The van der Waals surface area contributed by atoms with Gasteiger partial charge in [-0.2, -0.15) is 0 Å². The largest absolute Gasteiger partial charge is 0.496 e. The first-order chi connectivity index (χ1) is 10.1. The van der Waals surface area contributed by atoms with Crippen LogP contribution in [0.5, 0.6) is 11.5 Å². The molecule has 0 saturated carbocycles. The van der Waals surface area contributed by atoms with E-state index in [2.05, 4.69) is 0 Å². The number of hydrogen-bond donors (Lipinski definition) is 1. The third-order valence-electron chi connectivity index (χ3n) is 3.39. The van der Waals surface area contributed by atoms with Crippen molar-refractivity contribution in [2.45, 2.75) is 18.9 Å². The minimum atomic E-state index is -0.362. The summed E-state index contributed by atoms with van der Waals surface area (Å²) in [5, 5.41) is 0. The Morgan fingerprint density at radius 2 is 1.71 bits per heavy atom. The van der Waals surface area contributed by atoms with Crippen LogP contribution in [-0.4, -0.2) is 20.3 Å². The molecule has 0 heterocycles. The highest BCUT2D eigenvalue weighted by atomic mass is 19.1. The van der Waals surface area contributed by atoms with E-state index in [4.69, 9.17) is 15.2 Å². The molecule has 2 rings (SSSR count). The number of ether oxygens (including phenoxy) is 2. The molecule has 0 saturated heterocycles. The molecule has 0 aromatic heterocycles. The van der Waals surface area contributed by atoms with Gasteiger partial charge in [0.2, 0.25) is 0 Å². The maximum Gasteiger partial charge on any atom is 0.165 e. The number of halogens is 1. The third-order valence-corrected chi connectivity index (χ3v) is 3.39. The second kappa shape index (κ2) is 7.09. The van der Waals surface area contributed by atoms with Crippen LogP contribution in [0.25, 0.3) is 0 Å². The second-order valence-electron chi connectivity index (χ2n) is 4.95. The summed E-state index contributed by atoms with van der Waals surface area (Å²) >= 11 is 0. The lowest BCUT2D eigenvalue weighted by Gasteiger charge is -2.14. The van der Waals surface area contributed by atoms with Crippen LogP contribution in [0.4, 0.5) is 4.39 Å². The molecule has 0 amide bonds. The van der Waals surface area contributed by atoms with Gasteiger partial charge < -0.3 is 15.2 Å². The van der Waals surface area contributed by atoms with Crippen molar-refractivity contribution in [3.63, 3.8) is 0 Å².